The summed E-state index contributed by atoms with van der Waals surface area (Å²) in [7, 11) is 0. The Labute approximate surface area is 115 Å². The van der Waals surface area contributed by atoms with E-state index in [1.54, 1.807) is 12.1 Å². The summed E-state index contributed by atoms with van der Waals surface area (Å²) < 4.78 is 5.46. The van der Waals surface area contributed by atoms with E-state index in [1.807, 2.05) is 12.1 Å². The van der Waals surface area contributed by atoms with Gasteiger partial charge in [-0.2, -0.15) is 0 Å². The maximum atomic E-state index is 11.6. The zero-order valence-corrected chi connectivity index (χ0v) is 12.0. The van der Waals surface area contributed by atoms with Crippen LogP contribution in [0.15, 0.2) is 24.3 Å². The lowest BCUT2D eigenvalue weighted by Crippen LogP contribution is -2.28. The van der Waals surface area contributed by atoms with Crippen LogP contribution in [0.2, 0.25) is 0 Å². The van der Waals surface area contributed by atoms with E-state index in [2.05, 4.69) is 26.1 Å². The quantitative estimate of drug-likeness (QED) is 0.776. The summed E-state index contributed by atoms with van der Waals surface area (Å²) >= 11 is 0. The lowest BCUT2D eigenvalue weighted by Gasteiger charge is -2.18. The van der Waals surface area contributed by atoms with Gasteiger partial charge in [-0.3, -0.25) is 4.79 Å². The summed E-state index contributed by atoms with van der Waals surface area (Å²) in [6.45, 7) is 7.54. The molecule has 0 saturated carbocycles. The summed E-state index contributed by atoms with van der Waals surface area (Å²) in [6.07, 6.45) is 1.33. The van der Waals surface area contributed by atoms with Crippen LogP contribution in [0.4, 0.5) is 5.69 Å². The molecule has 0 spiro atoms. The van der Waals surface area contributed by atoms with Crippen LogP contribution in [0.5, 0.6) is 5.75 Å². The third-order valence-electron chi connectivity index (χ3n) is 2.65. The molecule has 1 amide bonds. The second kappa shape index (κ2) is 7.02. The van der Waals surface area contributed by atoms with Gasteiger partial charge in [-0.25, -0.2) is 0 Å². The molecule has 1 aromatic carbocycles. The molecule has 0 atom stereocenters. The van der Waals surface area contributed by atoms with Gasteiger partial charge >= 0.3 is 0 Å². The van der Waals surface area contributed by atoms with Gasteiger partial charge in [0.15, 0.2) is 0 Å². The highest BCUT2D eigenvalue weighted by atomic mass is 16.5. The Morgan fingerprint density at radius 2 is 2.11 bits per heavy atom. The Balaban J connectivity index is 2.17. The van der Waals surface area contributed by atoms with Crippen molar-refractivity contribution < 1.29 is 9.53 Å². The van der Waals surface area contributed by atoms with Crippen LogP contribution >= 0.6 is 0 Å². The number of rotatable bonds is 6. The molecule has 19 heavy (non-hydrogen) atoms. The molecule has 0 fully saturated rings. The molecule has 0 aromatic heterocycles. The lowest BCUT2D eigenvalue weighted by molar-refractivity contribution is -0.121. The minimum Gasteiger partial charge on any atom is -0.493 e. The molecular weight excluding hydrogens is 240 g/mol. The fourth-order valence-corrected chi connectivity index (χ4v) is 1.53. The zero-order valence-electron chi connectivity index (χ0n) is 12.0. The fraction of sp³-hybridized carbons (Fsp3) is 0.533. The van der Waals surface area contributed by atoms with E-state index >= 15 is 0 Å². The van der Waals surface area contributed by atoms with Gasteiger partial charge in [0.05, 0.1) is 13.0 Å². The number of hydrogen-bond acceptors (Lipinski definition) is 3. The predicted octanol–water partition coefficient (Wildman–Crippen LogP) is 2.59. The van der Waals surface area contributed by atoms with Crippen LogP contribution in [-0.4, -0.2) is 19.1 Å². The van der Waals surface area contributed by atoms with Crippen molar-refractivity contribution in [1.29, 1.82) is 0 Å². The molecule has 1 rings (SSSR count). The van der Waals surface area contributed by atoms with Crippen LogP contribution in [0, 0.1) is 5.41 Å². The topological polar surface area (TPSA) is 64.3 Å². The van der Waals surface area contributed by atoms with Crippen molar-refractivity contribution in [3.05, 3.63) is 24.3 Å². The van der Waals surface area contributed by atoms with E-state index in [4.69, 9.17) is 10.5 Å². The third-order valence-corrected chi connectivity index (χ3v) is 2.65. The molecule has 0 radical (unpaired) electrons. The molecule has 0 aliphatic heterocycles. The Morgan fingerprint density at radius 3 is 2.74 bits per heavy atom. The van der Waals surface area contributed by atoms with E-state index in [0.717, 1.165) is 6.42 Å². The Morgan fingerprint density at radius 1 is 1.37 bits per heavy atom. The summed E-state index contributed by atoms with van der Waals surface area (Å²) in [4.78, 5) is 11.6. The van der Waals surface area contributed by atoms with E-state index in [1.165, 1.54) is 0 Å². The van der Waals surface area contributed by atoms with Crippen molar-refractivity contribution in [2.24, 2.45) is 5.41 Å². The summed E-state index contributed by atoms with van der Waals surface area (Å²) in [5.74, 6) is 0.718. The van der Waals surface area contributed by atoms with Crippen molar-refractivity contribution >= 4 is 11.6 Å². The van der Waals surface area contributed by atoms with Crippen LogP contribution in [0.25, 0.3) is 0 Å². The van der Waals surface area contributed by atoms with Crippen molar-refractivity contribution in [3.8, 4) is 5.75 Å². The highest BCUT2D eigenvalue weighted by Crippen LogP contribution is 2.17. The van der Waals surface area contributed by atoms with Gasteiger partial charge in [-0.15, -0.1) is 0 Å². The second-order valence-corrected chi connectivity index (χ2v) is 5.83. The summed E-state index contributed by atoms with van der Waals surface area (Å²) in [6, 6.07) is 7.20. The maximum absolute atomic E-state index is 11.6. The highest BCUT2D eigenvalue weighted by molar-refractivity contribution is 5.75. The first-order valence-electron chi connectivity index (χ1n) is 6.62. The molecule has 0 bridgehead atoms. The first-order valence-corrected chi connectivity index (χ1v) is 6.62. The number of amides is 1. The second-order valence-electron chi connectivity index (χ2n) is 5.83. The SMILES string of the molecule is CC(C)(C)CCNC(=O)CCOc1cccc(N)c1. The fourth-order valence-electron chi connectivity index (χ4n) is 1.53. The molecule has 1 aromatic rings. The van der Waals surface area contributed by atoms with Gasteiger partial charge in [-0.1, -0.05) is 26.8 Å². The number of carbonyl (C=O) groups is 1. The predicted molar refractivity (Wildman–Crippen MR) is 78.0 cm³/mol. The molecular formula is C15H24N2O2. The molecule has 4 heteroatoms. The summed E-state index contributed by atoms with van der Waals surface area (Å²) in [5, 5.41) is 2.89. The van der Waals surface area contributed by atoms with Crippen molar-refractivity contribution in [3.63, 3.8) is 0 Å². The largest absolute Gasteiger partial charge is 0.493 e. The van der Waals surface area contributed by atoms with E-state index in [0.29, 0.717) is 31.0 Å². The van der Waals surface area contributed by atoms with Crippen LogP contribution in [-0.2, 0) is 4.79 Å². The first-order chi connectivity index (χ1) is 8.87. The number of nitrogens with two attached hydrogens (primary N) is 1. The van der Waals surface area contributed by atoms with Gasteiger partial charge in [0.25, 0.3) is 0 Å². The van der Waals surface area contributed by atoms with Crippen LogP contribution in [0.1, 0.15) is 33.6 Å². The van der Waals surface area contributed by atoms with Gasteiger partial charge in [0, 0.05) is 18.3 Å². The maximum Gasteiger partial charge on any atom is 0.223 e. The standard InChI is InChI=1S/C15H24N2O2/c1-15(2,3)8-9-17-14(18)7-10-19-13-6-4-5-12(16)11-13/h4-6,11H,7-10,16H2,1-3H3,(H,17,18). The smallest absolute Gasteiger partial charge is 0.223 e. The highest BCUT2D eigenvalue weighted by Gasteiger charge is 2.10. The minimum absolute atomic E-state index is 0.0214. The van der Waals surface area contributed by atoms with Crippen molar-refractivity contribution in [1.82, 2.24) is 5.32 Å². The van der Waals surface area contributed by atoms with E-state index in [-0.39, 0.29) is 11.3 Å². The monoisotopic (exact) mass is 264 g/mol. The molecule has 0 aliphatic carbocycles. The minimum atomic E-state index is 0.0214. The molecule has 106 valence electrons. The Hall–Kier alpha value is -1.71. The number of carbonyl (C=O) groups excluding carboxylic acids is 1. The van der Waals surface area contributed by atoms with Crippen molar-refractivity contribution in [2.45, 2.75) is 33.6 Å². The Kier molecular flexibility index (Phi) is 5.67. The van der Waals surface area contributed by atoms with Crippen molar-refractivity contribution in [2.75, 3.05) is 18.9 Å². The van der Waals surface area contributed by atoms with Gasteiger partial charge in [0.2, 0.25) is 5.91 Å². The van der Waals surface area contributed by atoms with Gasteiger partial charge in [-0.05, 0) is 24.0 Å². The van der Waals surface area contributed by atoms with Gasteiger partial charge in [0.1, 0.15) is 5.75 Å². The zero-order chi connectivity index (χ0) is 14.3. The normalized spacial score (nSPS) is 11.1. The third kappa shape index (κ3) is 7.34. The first kappa shape index (κ1) is 15.3. The average Bonchev–Trinajstić information content (AvgIpc) is 2.27. The van der Waals surface area contributed by atoms with E-state index < -0.39 is 0 Å². The molecule has 0 saturated heterocycles. The Bertz CT molecular complexity index is 411. The average molecular weight is 264 g/mol. The summed E-state index contributed by atoms with van der Waals surface area (Å²) in [5.41, 5.74) is 6.54. The van der Waals surface area contributed by atoms with Gasteiger partial charge < -0.3 is 15.8 Å². The number of nitrogen functional groups attached to an aromatic ring is 1. The molecule has 0 unspecified atom stereocenters. The number of hydrogen-bond donors (Lipinski definition) is 2. The van der Waals surface area contributed by atoms with Crippen LogP contribution < -0.4 is 15.8 Å². The number of anilines is 1. The lowest BCUT2D eigenvalue weighted by atomic mass is 9.92. The molecule has 4 nitrogen and oxygen atoms in total. The number of benzene rings is 1. The molecule has 3 N–H and O–H groups in total. The molecule has 0 aliphatic rings. The molecule has 0 heterocycles. The number of nitrogens with one attached hydrogen (secondary N) is 1. The number of ether oxygens (including phenoxy) is 1. The van der Waals surface area contributed by atoms with E-state index in [9.17, 15) is 4.79 Å². The van der Waals surface area contributed by atoms with Crippen LogP contribution in [0.3, 0.4) is 0 Å².